The van der Waals surface area contributed by atoms with Crippen LogP contribution >= 0.6 is 0 Å². The number of benzene rings is 1. The highest BCUT2D eigenvalue weighted by Gasteiger charge is 2.58. The molecule has 0 radical (unpaired) electrons. The molecule has 2 heteroatoms. The lowest BCUT2D eigenvalue weighted by Crippen LogP contribution is -2.62. The van der Waals surface area contributed by atoms with Crippen molar-refractivity contribution in [1.29, 1.82) is 0 Å². The van der Waals surface area contributed by atoms with Crippen molar-refractivity contribution < 1.29 is 0 Å². The van der Waals surface area contributed by atoms with Gasteiger partial charge in [0.05, 0.1) is 0 Å². The Hall–Kier alpha value is -0.763. The van der Waals surface area contributed by atoms with Crippen molar-refractivity contribution in [3.63, 3.8) is 0 Å². The van der Waals surface area contributed by atoms with Gasteiger partial charge in [-0.15, -0.1) is 0 Å². The summed E-state index contributed by atoms with van der Waals surface area (Å²) in [5, 5.41) is 0. The van der Waals surface area contributed by atoms with E-state index >= 15 is 0 Å². The van der Waals surface area contributed by atoms with Crippen molar-refractivity contribution in [3.8, 4) is 0 Å². The third kappa shape index (κ3) is 3.94. The molecule has 3 aliphatic rings. The summed E-state index contributed by atoms with van der Waals surface area (Å²) in [7, 11) is -1.78. The average Bonchev–Trinajstić information content (AvgIpc) is 2.92. The second-order valence-corrected chi connectivity index (χ2v) is 17.7. The van der Waals surface area contributed by atoms with Crippen molar-refractivity contribution in [2.75, 3.05) is 4.57 Å². The van der Waals surface area contributed by atoms with Gasteiger partial charge in [-0.1, -0.05) is 70.8 Å². The standard InChI is InChI=1S/C29H49NSi/c1-19-13-12-14-20(2)27(19)30(29(5,6)7)31(8,9)28-22(4)21(3)25-17-23-15-10-11-16-24(23)18-26(25)28/h12-14,21-26,28H,10-11,15-18H2,1-9H3. The molecule has 174 valence electrons. The van der Waals surface area contributed by atoms with Crippen LogP contribution in [0.4, 0.5) is 5.69 Å². The Balaban J connectivity index is 1.76. The van der Waals surface area contributed by atoms with Crippen molar-refractivity contribution in [2.45, 2.75) is 111 Å². The summed E-state index contributed by atoms with van der Waals surface area (Å²) in [5.74, 6) is 5.76. The molecule has 0 bridgehead atoms. The average molecular weight is 440 g/mol. The first kappa shape index (κ1) is 23.4. The molecule has 1 aromatic carbocycles. The number of hydrogen-bond donors (Lipinski definition) is 0. The second-order valence-electron chi connectivity index (χ2n) is 13.2. The Morgan fingerprint density at radius 1 is 0.839 bits per heavy atom. The van der Waals surface area contributed by atoms with Gasteiger partial charge in [0, 0.05) is 11.2 Å². The van der Waals surface area contributed by atoms with Crippen LogP contribution in [0.2, 0.25) is 18.6 Å². The number of hydrogen-bond acceptors (Lipinski definition) is 1. The van der Waals surface area contributed by atoms with E-state index in [1.165, 1.54) is 43.2 Å². The normalized spacial score (nSPS) is 36.1. The Labute approximate surface area is 194 Å². The lowest BCUT2D eigenvalue weighted by molar-refractivity contribution is 0.0788. The smallest absolute Gasteiger partial charge is 0.154 e. The van der Waals surface area contributed by atoms with E-state index in [2.05, 4.69) is 84.3 Å². The summed E-state index contributed by atoms with van der Waals surface area (Å²) in [4.78, 5) is 0. The molecule has 0 aliphatic heterocycles. The third-order valence-corrected chi connectivity index (χ3v) is 14.7. The van der Waals surface area contributed by atoms with Gasteiger partial charge in [0.1, 0.15) is 0 Å². The molecule has 31 heavy (non-hydrogen) atoms. The van der Waals surface area contributed by atoms with Crippen molar-refractivity contribution >= 4 is 13.9 Å². The highest BCUT2D eigenvalue weighted by Crippen LogP contribution is 2.63. The zero-order valence-electron chi connectivity index (χ0n) is 22.0. The minimum atomic E-state index is -1.78. The zero-order valence-corrected chi connectivity index (χ0v) is 23.0. The highest BCUT2D eigenvalue weighted by molar-refractivity contribution is 6.82. The van der Waals surface area contributed by atoms with Gasteiger partial charge in [0.2, 0.25) is 0 Å². The van der Waals surface area contributed by atoms with Crippen LogP contribution in [-0.4, -0.2) is 13.8 Å². The van der Waals surface area contributed by atoms with Gasteiger partial charge in [-0.2, -0.15) is 0 Å². The van der Waals surface area contributed by atoms with Gasteiger partial charge in [-0.05, 0) is 99.6 Å². The predicted molar refractivity (Wildman–Crippen MR) is 139 cm³/mol. The molecule has 3 fully saturated rings. The predicted octanol–water partition coefficient (Wildman–Crippen LogP) is 8.60. The fraction of sp³-hybridized carbons (Fsp3) is 0.793. The van der Waals surface area contributed by atoms with Crippen LogP contribution in [-0.2, 0) is 0 Å². The summed E-state index contributed by atoms with van der Waals surface area (Å²) < 4.78 is 2.98. The van der Waals surface area contributed by atoms with Crippen LogP contribution in [0.15, 0.2) is 18.2 Å². The first-order valence-electron chi connectivity index (χ1n) is 13.3. The summed E-state index contributed by atoms with van der Waals surface area (Å²) in [6, 6.07) is 6.91. The molecule has 1 aromatic rings. The minimum absolute atomic E-state index is 0.148. The Bertz CT molecular complexity index is 770. The molecule has 3 saturated carbocycles. The molecule has 3 aliphatic carbocycles. The Morgan fingerprint density at radius 2 is 1.35 bits per heavy atom. The van der Waals surface area contributed by atoms with Crippen LogP contribution < -0.4 is 4.57 Å². The van der Waals surface area contributed by atoms with E-state index < -0.39 is 8.24 Å². The quantitative estimate of drug-likeness (QED) is 0.426. The van der Waals surface area contributed by atoms with E-state index in [9.17, 15) is 0 Å². The fourth-order valence-corrected chi connectivity index (χ4v) is 15.0. The fourth-order valence-electron chi connectivity index (χ4n) is 9.04. The number of rotatable bonds is 3. The van der Waals surface area contributed by atoms with Crippen molar-refractivity contribution in [2.24, 2.45) is 35.5 Å². The van der Waals surface area contributed by atoms with Gasteiger partial charge in [0.25, 0.3) is 0 Å². The zero-order chi connectivity index (χ0) is 22.7. The number of nitrogens with zero attached hydrogens (tertiary/aromatic N) is 1. The Morgan fingerprint density at radius 3 is 1.87 bits per heavy atom. The lowest BCUT2D eigenvalue weighted by Gasteiger charge is -2.55. The van der Waals surface area contributed by atoms with E-state index in [-0.39, 0.29) is 5.54 Å². The van der Waals surface area contributed by atoms with E-state index in [0.717, 1.165) is 41.0 Å². The molecular formula is C29H49NSi. The van der Waals surface area contributed by atoms with Crippen LogP contribution in [0.25, 0.3) is 0 Å². The molecule has 7 atom stereocenters. The van der Waals surface area contributed by atoms with Gasteiger partial charge in [0.15, 0.2) is 8.24 Å². The molecule has 0 heterocycles. The highest BCUT2D eigenvalue weighted by atomic mass is 28.3. The van der Waals surface area contributed by atoms with Gasteiger partial charge in [-0.25, -0.2) is 0 Å². The van der Waals surface area contributed by atoms with Gasteiger partial charge in [-0.3, -0.25) is 0 Å². The molecule has 1 nitrogen and oxygen atoms in total. The van der Waals surface area contributed by atoms with E-state index in [1.54, 1.807) is 12.1 Å². The van der Waals surface area contributed by atoms with E-state index in [4.69, 9.17) is 0 Å². The minimum Gasteiger partial charge on any atom is -0.393 e. The summed E-state index contributed by atoms with van der Waals surface area (Å²) in [6.07, 6.45) is 9.11. The third-order valence-electron chi connectivity index (χ3n) is 10.0. The van der Waals surface area contributed by atoms with Crippen LogP contribution in [0.5, 0.6) is 0 Å². The maximum absolute atomic E-state index is 2.98. The Kier molecular flexibility index (Phi) is 6.21. The largest absolute Gasteiger partial charge is 0.393 e. The second kappa shape index (κ2) is 8.23. The van der Waals surface area contributed by atoms with Crippen molar-refractivity contribution in [1.82, 2.24) is 0 Å². The summed E-state index contributed by atoms with van der Waals surface area (Å²) in [6.45, 7) is 22.8. The molecule has 0 N–H and O–H groups in total. The number of para-hydroxylation sites is 1. The number of anilines is 1. The van der Waals surface area contributed by atoms with Crippen LogP contribution in [0.1, 0.15) is 84.3 Å². The molecule has 7 unspecified atom stereocenters. The van der Waals surface area contributed by atoms with Crippen LogP contribution in [0.3, 0.4) is 0 Å². The first-order chi connectivity index (χ1) is 14.4. The number of aryl methyl sites for hydroxylation is 2. The van der Waals surface area contributed by atoms with Gasteiger partial charge >= 0.3 is 0 Å². The topological polar surface area (TPSA) is 3.24 Å². The molecule has 0 saturated heterocycles. The molecular weight excluding hydrogens is 390 g/mol. The SMILES string of the molecule is Cc1cccc(C)c1N(C(C)(C)C)[Si](C)(C)C1C(C)C(C)C2CC3CCCCC3CC21. The molecule has 0 spiro atoms. The molecule has 0 aromatic heterocycles. The lowest BCUT2D eigenvalue weighted by atomic mass is 9.63. The molecule has 4 rings (SSSR count). The van der Waals surface area contributed by atoms with Crippen molar-refractivity contribution in [3.05, 3.63) is 29.3 Å². The first-order valence-corrected chi connectivity index (χ1v) is 16.3. The van der Waals surface area contributed by atoms with Gasteiger partial charge < -0.3 is 4.57 Å². The van der Waals surface area contributed by atoms with E-state index in [1.807, 2.05) is 0 Å². The monoisotopic (exact) mass is 439 g/mol. The maximum atomic E-state index is 2.98. The van der Waals surface area contributed by atoms with E-state index in [0.29, 0.717) is 0 Å². The van der Waals surface area contributed by atoms with Crippen LogP contribution in [0, 0.1) is 49.4 Å². The molecule has 0 amide bonds. The summed E-state index contributed by atoms with van der Waals surface area (Å²) in [5.41, 5.74) is 5.51. The number of fused-ring (bicyclic) bond motifs is 2. The maximum Gasteiger partial charge on any atom is 0.154 e. The summed E-state index contributed by atoms with van der Waals surface area (Å²) >= 11 is 0.